The van der Waals surface area contributed by atoms with Crippen LogP contribution in [0, 0.1) is 5.21 Å². The predicted octanol–water partition coefficient (Wildman–Crippen LogP) is -6.21. The summed E-state index contributed by atoms with van der Waals surface area (Å²) < 4.78 is 21.2. The van der Waals surface area contributed by atoms with Crippen molar-refractivity contribution in [2.45, 2.75) is 67.8 Å². The van der Waals surface area contributed by atoms with Crippen LogP contribution in [0.2, 0.25) is 0 Å². The lowest BCUT2D eigenvalue weighted by atomic mass is 9.97. The first kappa shape index (κ1) is 24.7. The Morgan fingerprint density at radius 3 is 1.97 bits per heavy atom. The molecule has 2 rings (SSSR count). The van der Waals surface area contributed by atoms with E-state index in [-0.39, 0.29) is 19.6 Å². The van der Waals surface area contributed by atoms with Crippen molar-refractivity contribution in [3.63, 3.8) is 0 Å². The highest BCUT2D eigenvalue weighted by atomic mass is 16.8. The van der Waals surface area contributed by atoms with Gasteiger partial charge in [0.05, 0.1) is 19.8 Å². The third kappa shape index (κ3) is 5.99. The predicted molar refractivity (Wildman–Crippen MR) is 88.0 cm³/mol. The molecule has 2 fully saturated rings. The maximum absolute atomic E-state index is 10.5. The van der Waals surface area contributed by atoms with Gasteiger partial charge < -0.3 is 59.9 Å². The summed E-state index contributed by atoms with van der Waals surface area (Å²) in [7, 11) is 0. The van der Waals surface area contributed by atoms with Gasteiger partial charge in [0.1, 0.15) is 55.4 Å². The molecule has 0 aromatic rings. The summed E-state index contributed by atoms with van der Waals surface area (Å²) in [5, 5.41) is 87.1. The molecule has 2 saturated heterocycles. The molecule has 0 aliphatic carbocycles. The number of hydrogen-bond donors (Lipinski definition) is 9. The highest BCUT2D eigenvalue weighted by Gasteiger charge is 2.50. The van der Waals surface area contributed by atoms with Gasteiger partial charge in [-0.15, -0.1) is 0 Å². The van der Waals surface area contributed by atoms with Crippen LogP contribution >= 0.6 is 0 Å². The summed E-state index contributed by atoms with van der Waals surface area (Å²) in [6, 6.07) is 0. The van der Waals surface area contributed by atoms with Crippen LogP contribution in [0.3, 0.4) is 0 Å². The third-order valence-electron chi connectivity index (χ3n) is 4.78. The van der Waals surface area contributed by atoms with Crippen molar-refractivity contribution in [3.8, 4) is 0 Å². The van der Waals surface area contributed by atoms with Crippen LogP contribution in [0.1, 0.15) is 6.42 Å². The molecule has 0 radical (unpaired) electrons. The third-order valence-corrected chi connectivity index (χ3v) is 4.78. The number of hydrogen-bond acceptors (Lipinski definition) is 13. The first-order valence-electron chi connectivity index (χ1n) is 9.13. The van der Waals surface area contributed by atoms with E-state index in [1.807, 2.05) is 0 Å². The molecule has 29 heavy (non-hydrogen) atoms. The minimum absolute atomic E-state index is 0.0862. The fourth-order valence-electron chi connectivity index (χ4n) is 3.12. The second-order valence-electron chi connectivity index (χ2n) is 6.87. The molecule has 2 aliphatic heterocycles. The van der Waals surface area contributed by atoms with Crippen LogP contribution in [-0.4, -0.2) is 129 Å². The number of rotatable bonds is 9. The summed E-state index contributed by atoms with van der Waals surface area (Å²) in [5.74, 6) is 0. The van der Waals surface area contributed by atoms with Gasteiger partial charge in [0.25, 0.3) is 0 Å². The Balaban J connectivity index is 2.00. The largest absolute Gasteiger partial charge is 0.600 e. The zero-order valence-electron chi connectivity index (χ0n) is 15.4. The molecule has 172 valence electrons. The van der Waals surface area contributed by atoms with Crippen molar-refractivity contribution < 1.29 is 65.1 Å². The Hall–Kier alpha value is -0.560. The van der Waals surface area contributed by atoms with E-state index in [1.165, 1.54) is 0 Å². The quantitative estimate of drug-likeness (QED) is 0.122. The molecule has 9 N–H and O–H groups in total. The van der Waals surface area contributed by atoms with Crippen molar-refractivity contribution in [1.82, 2.24) is 0 Å². The fraction of sp³-hybridized carbons (Fsp3) is 1.00. The van der Waals surface area contributed by atoms with E-state index in [9.17, 15) is 41.0 Å². The van der Waals surface area contributed by atoms with Gasteiger partial charge in [-0.3, -0.25) is 0 Å². The van der Waals surface area contributed by atoms with E-state index in [0.29, 0.717) is 0 Å². The average Bonchev–Trinajstić information content (AvgIpc) is 2.69. The number of ether oxygens (including phenoxy) is 4. The fourth-order valence-corrected chi connectivity index (χ4v) is 3.12. The van der Waals surface area contributed by atoms with Crippen molar-refractivity contribution in [3.05, 3.63) is 5.21 Å². The molecule has 0 aromatic carbocycles. The van der Waals surface area contributed by atoms with Crippen molar-refractivity contribution in [2.75, 3.05) is 26.4 Å². The van der Waals surface area contributed by atoms with Crippen LogP contribution in [0.5, 0.6) is 0 Å². The molecule has 11 atom stereocenters. The van der Waals surface area contributed by atoms with Gasteiger partial charge in [-0.25, -0.2) is 10.4 Å². The maximum atomic E-state index is 10.5. The first-order chi connectivity index (χ1) is 13.7. The lowest BCUT2D eigenvalue weighted by Crippen LogP contribution is -3.04. The topological polar surface area (TPSA) is 226 Å². The summed E-state index contributed by atoms with van der Waals surface area (Å²) in [6.07, 6.45) is -15.1. The minimum atomic E-state index is -1.75. The van der Waals surface area contributed by atoms with Crippen LogP contribution < -0.4 is 5.23 Å². The van der Waals surface area contributed by atoms with Crippen LogP contribution in [0.4, 0.5) is 0 Å². The SMILES string of the molecule is [O-][NH+](O)CCCO[C@@H]1O[C@H](CO)[C@@H](O[C@@H]2O[C@H](CO)[C@@H](O)[C@H](O)[C@H]2O)[C@H](O)[C@H]1O. The van der Waals surface area contributed by atoms with E-state index in [0.717, 1.165) is 0 Å². The van der Waals surface area contributed by atoms with Crippen LogP contribution in [0.25, 0.3) is 0 Å². The Morgan fingerprint density at radius 1 is 0.793 bits per heavy atom. The molecule has 14 heteroatoms. The Labute approximate surface area is 165 Å². The standard InChI is InChI=1S/C15H29NO13/c17-4-6-8(19)9(20)11(22)15(27-6)29-13-7(5-18)28-14(12(23)10(13)21)26-3-1-2-16(24)25/h6-24H,1-5H2/t6-,7-,8-,9+,10-,11-,12-,13-,14-,15+/m1/s1. The van der Waals surface area contributed by atoms with Crippen molar-refractivity contribution >= 4 is 0 Å². The highest BCUT2D eigenvalue weighted by Crippen LogP contribution is 2.29. The highest BCUT2D eigenvalue weighted by molar-refractivity contribution is 4.94. The summed E-state index contributed by atoms with van der Waals surface area (Å²) >= 11 is 0. The minimum Gasteiger partial charge on any atom is -0.600 e. The van der Waals surface area contributed by atoms with E-state index in [2.05, 4.69) is 0 Å². The van der Waals surface area contributed by atoms with E-state index < -0.39 is 79.9 Å². The second-order valence-corrected chi connectivity index (χ2v) is 6.87. The zero-order chi connectivity index (χ0) is 21.7. The second kappa shape index (κ2) is 11.2. The number of quaternary nitrogens is 1. The molecule has 2 aliphatic rings. The van der Waals surface area contributed by atoms with Gasteiger partial charge in [-0.1, -0.05) is 0 Å². The summed E-state index contributed by atoms with van der Waals surface area (Å²) in [6.45, 7) is -1.62. The molecular formula is C15H29NO13. The lowest BCUT2D eigenvalue weighted by molar-refractivity contribution is -1.05. The lowest BCUT2D eigenvalue weighted by Gasteiger charge is -2.45. The molecule has 1 unspecified atom stereocenters. The van der Waals surface area contributed by atoms with Gasteiger partial charge in [0.15, 0.2) is 12.6 Å². The number of aliphatic hydroxyl groups excluding tert-OH is 7. The summed E-state index contributed by atoms with van der Waals surface area (Å²) in [5.41, 5.74) is 0. The van der Waals surface area contributed by atoms with E-state index in [1.54, 1.807) is 0 Å². The van der Waals surface area contributed by atoms with Gasteiger partial charge in [0, 0.05) is 6.42 Å². The van der Waals surface area contributed by atoms with Crippen molar-refractivity contribution in [2.24, 2.45) is 0 Å². The molecular weight excluding hydrogens is 402 g/mol. The molecule has 0 amide bonds. The van der Waals surface area contributed by atoms with Gasteiger partial charge in [-0.05, 0) is 0 Å². The molecule has 0 bridgehead atoms. The van der Waals surface area contributed by atoms with E-state index in [4.69, 9.17) is 24.2 Å². The van der Waals surface area contributed by atoms with Gasteiger partial charge in [-0.2, -0.15) is 0 Å². The molecule has 0 saturated carbocycles. The van der Waals surface area contributed by atoms with Crippen LogP contribution in [-0.2, 0) is 18.9 Å². The molecule has 0 aromatic heterocycles. The first-order valence-corrected chi connectivity index (χ1v) is 9.13. The Kier molecular flexibility index (Phi) is 9.52. The zero-order valence-corrected chi connectivity index (χ0v) is 15.4. The molecule has 14 nitrogen and oxygen atoms in total. The molecule has 2 heterocycles. The normalized spacial score (nSPS) is 44.6. The van der Waals surface area contributed by atoms with Gasteiger partial charge in [0.2, 0.25) is 0 Å². The monoisotopic (exact) mass is 431 g/mol. The van der Waals surface area contributed by atoms with E-state index >= 15 is 0 Å². The van der Waals surface area contributed by atoms with Gasteiger partial charge >= 0.3 is 0 Å². The Bertz CT molecular complexity index is 481. The Morgan fingerprint density at radius 2 is 1.38 bits per heavy atom. The maximum Gasteiger partial charge on any atom is 0.187 e. The van der Waals surface area contributed by atoms with Crippen LogP contribution in [0.15, 0.2) is 0 Å². The van der Waals surface area contributed by atoms with Crippen molar-refractivity contribution in [1.29, 1.82) is 0 Å². The summed E-state index contributed by atoms with van der Waals surface area (Å²) in [4.78, 5) is 0. The smallest absolute Gasteiger partial charge is 0.187 e. The number of hydroxylamine groups is 2. The number of nitrogens with one attached hydrogen (secondary N) is 1. The number of aliphatic hydroxyl groups is 7. The average molecular weight is 431 g/mol. The molecule has 0 spiro atoms.